The van der Waals surface area contributed by atoms with Crippen molar-refractivity contribution in [2.75, 3.05) is 13.2 Å². The summed E-state index contributed by atoms with van der Waals surface area (Å²) in [5.41, 5.74) is 0. The smallest absolute Gasteiger partial charge is 0.433 e. The zero-order chi connectivity index (χ0) is 15.9. The number of furan rings is 1. The SMILES string of the molecule is CCOc1cc(OCC)nc(/C=C/c2ccc([N+](=O)[O-])o2)n1. The van der Waals surface area contributed by atoms with Crippen LogP contribution in [-0.4, -0.2) is 28.1 Å². The molecule has 0 aliphatic carbocycles. The van der Waals surface area contributed by atoms with Gasteiger partial charge in [-0.2, -0.15) is 9.97 Å². The average Bonchev–Trinajstić information content (AvgIpc) is 2.95. The van der Waals surface area contributed by atoms with Gasteiger partial charge in [0, 0.05) is 0 Å². The van der Waals surface area contributed by atoms with E-state index < -0.39 is 4.92 Å². The highest BCUT2D eigenvalue weighted by Crippen LogP contribution is 2.19. The maximum absolute atomic E-state index is 10.6. The predicted molar refractivity (Wildman–Crippen MR) is 78.7 cm³/mol. The van der Waals surface area contributed by atoms with Crippen LogP contribution in [0.3, 0.4) is 0 Å². The van der Waals surface area contributed by atoms with Gasteiger partial charge in [0.25, 0.3) is 0 Å². The predicted octanol–water partition coefficient (Wildman–Crippen LogP) is 2.95. The van der Waals surface area contributed by atoms with E-state index in [0.29, 0.717) is 36.6 Å². The number of nitrogens with zero attached hydrogens (tertiary/aromatic N) is 3. The van der Waals surface area contributed by atoms with E-state index in [0.717, 1.165) is 0 Å². The maximum atomic E-state index is 10.6. The van der Waals surface area contributed by atoms with Gasteiger partial charge in [0.05, 0.1) is 25.3 Å². The molecule has 2 aromatic rings. The molecule has 2 rings (SSSR count). The molecule has 0 amide bonds. The van der Waals surface area contributed by atoms with Crippen molar-refractivity contribution in [1.82, 2.24) is 9.97 Å². The number of rotatable bonds is 7. The second kappa shape index (κ2) is 7.21. The van der Waals surface area contributed by atoms with Crippen LogP contribution in [0.25, 0.3) is 12.2 Å². The van der Waals surface area contributed by atoms with E-state index in [4.69, 9.17) is 13.9 Å². The molecule has 0 fully saturated rings. The Hall–Kier alpha value is -2.90. The standard InChI is InChI=1S/C14H15N3O5/c1-3-20-12-9-13(21-4-2)16-11(15-12)7-5-10-6-8-14(22-10)17(18)19/h5-9H,3-4H2,1-2H3/b7-5+. The molecule has 0 aromatic carbocycles. The number of ether oxygens (including phenoxy) is 2. The van der Waals surface area contributed by atoms with Crippen LogP contribution in [0.15, 0.2) is 22.6 Å². The Bertz CT molecular complexity index is 657. The Kier molecular flexibility index (Phi) is 5.07. The summed E-state index contributed by atoms with van der Waals surface area (Å²) < 4.78 is 15.7. The monoisotopic (exact) mass is 305 g/mol. The molecule has 0 aliphatic heterocycles. The van der Waals surface area contributed by atoms with E-state index in [1.165, 1.54) is 18.2 Å². The third-order valence-electron chi connectivity index (χ3n) is 2.47. The fourth-order valence-corrected chi connectivity index (χ4v) is 1.63. The van der Waals surface area contributed by atoms with Crippen molar-refractivity contribution in [2.45, 2.75) is 13.8 Å². The van der Waals surface area contributed by atoms with Crippen molar-refractivity contribution < 1.29 is 18.8 Å². The molecule has 8 heteroatoms. The summed E-state index contributed by atoms with van der Waals surface area (Å²) in [7, 11) is 0. The molecular weight excluding hydrogens is 290 g/mol. The largest absolute Gasteiger partial charge is 0.478 e. The van der Waals surface area contributed by atoms with Gasteiger partial charge < -0.3 is 13.9 Å². The lowest BCUT2D eigenvalue weighted by Gasteiger charge is -2.06. The number of nitro groups is 1. The van der Waals surface area contributed by atoms with Gasteiger partial charge in [0.2, 0.25) is 11.8 Å². The van der Waals surface area contributed by atoms with Gasteiger partial charge in [-0.3, -0.25) is 10.1 Å². The van der Waals surface area contributed by atoms with Crippen LogP contribution < -0.4 is 9.47 Å². The van der Waals surface area contributed by atoms with Crippen LogP contribution in [0.5, 0.6) is 11.8 Å². The lowest BCUT2D eigenvalue weighted by atomic mass is 10.4. The summed E-state index contributed by atoms with van der Waals surface area (Å²) in [4.78, 5) is 18.3. The Morgan fingerprint density at radius 1 is 1.18 bits per heavy atom. The normalized spacial score (nSPS) is 10.8. The molecule has 116 valence electrons. The molecule has 0 aliphatic rings. The van der Waals surface area contributed by atoms with Crippen LogP contribution in [0.2, 0.25) is 0 Å². The van der Waals surface area contributed by atoms with Crippen molar-refractivity contribution in [1.29, 1.82) is 0 Å². The first-order valence-corrected chi connectivity index (χ1v) is 6.69. The second-order valence-electron chi connectivity index (χ2n) is 4.04. The van der Waals surface area contributed by atoms with Gasteiger partial charge in [0.1, 0.15) is 10.7 Å². The lowest BCUT2D eigenvalue weighted by molar-refractivity contribution is -0.402. The van der Waals surface area contributed by atoms with Crippen molar-refractivity contribution >= 4 is 18.0 Å². The van der Waals surface area contributed by atoms with Crippen molar-refractivity contribution in [3.8, 4) is 11.8 Å². The van der Waals surface area contributed by atoms with E-state index in [2.05, 4.69) is 9.97 Å². The molecule has 0 unspecified atom stereocenters. The number of aromatic nitrogens is 2. The molecule has 22 heavy (non-hydrogen) atoms. The van der Waals surface area contributed by atoms with Crippen LogP contribution >= 0.6 is 0 Å². The third-order valence-corrected chi connectivity index (χ3v) is 2.47. The Labute approximate surface area is 126 Å². The lowest BCUT2D eigenvalue weighted by Crippen LogP contribution is -2.01. The molecule has 0 saturated carbocycles. The minimum atomic E-state index is -0.600. The van der Waals surface area contributed by atoms with E-state index in [1.54, 1.807) is 12.1 Å². The van der Waals surface area contributed by atoms with Gasteiger partial charge in [-0.25, -0.2) is 0 Å². The topological polar surface area (TPSA) is 101 Å². The zero-order valence-corrected chi connectivity index (χ0v) is 12.2. The first kappa shape index (κ1) is 15.5. The quantitative estimate of drug-likeness (QED) is 0.572. The molecular formula is C14H15N3O5. The Balaban J connectivity index is 2.22. The summed E-state index contributed by atoms with van der Waals surface area (Å²) in [5, 5.41) is 10.6. The highest BCUT2D eigenvalue weighted by atomic mass is 16.6. The third kappa shape index (κ3) is 4.05. The molecule has 0 atom stereocenters. The molecule has 8 nitrogen and oxygen atoms in total. The maximum Gasteiger partial charge on any atom is 0.433 e. The summed E-state index contributed by atoms with van der Waals surface area (Å²) >= 11 is 0. The zero-order valence-electron chi connectivity index (χ0n) is 12.2. The minimum Gasteiger partial charge on any atom is -0.478 e. The summed E-state index contributed by atoms with van der Waals surface area (Å²) in [5.74, 6) is 1.15. The molecule has 0 radical (unpaired) electrons. The van der Waals surface area contributed by atoms with Crippen molar-refractivity contribution in [3.63, 3.8) is 0 Å². The van der Waals surface area contributed by atoms with E-state index in [-0.39, 0.29) is 5.88 Å². The van der Waals surface area contributed by atoms with E-state index in [1.807, 2.05) is 13.8 Å². The summed E-state index contributed by atoms with van der Waals surface area (Å²) in [6.07, 6.45) is 3.10. The van der Waals surface area contributed by atoms with Crippen LogP contribution in [-0.2, 0) is 0 Å². The van der Waals surface area contributed by atoms with Crippen molar-refractivity contribution in [3.05, 3.63) is 39.9 Å². The summed E-state index contributed by atoms with van der Waals surface area (Å²) in [6, 6.07) is 4.37. The van der Waals surface area contributed by atoms with E-state index in [9.17, 15) is 10.1 Å². The first-order valence-electron chi connectivity index (χ1n) is 6.69. The molecule has 2 heterocycles. The van der Waals surface area contributed by atoms with Gasteiger partial charge in [-0.05, 0) is 32.1 Å². The fraction of sp³-hybridized carbons (Fsp3) is 0.286. The van der Waals surface area contributed by atoms with Crippen LogP contribution in [0, 0.1) is 10.1 Å². The summed E-state index contributed by atoms with van der Waals surface area (Å²) in [6.45, 7) is 4.63. The van der Waals surface area contributed by atoms with Gasteiger partial charge >= 0.3 is 5.88 Å². The number of hydrogen-bond donors (Lipinski definition) is 0. The molecule has 0 bridgehead atoms. The highest BCUT2D eigenvalue weighted by Gasteiger charge is 2.10. The molecule has 0 saturated heterocycles. The van der Waals surface area contributed by atoms with Crippen LogP contribution in [0.1, 0.15) is 25.4 Å². The molecule has 0 spiro atoms. The van der Waals surface area contributed by atoms with Gasteiger partial charge in [0.15, 0.2) is 5.82 Å². The minimum absolute atomic E-state index is 0.321. The van der Waals surface area contributed by atoms with Crippen LogP contribution in [0.4, 0.5) is 5.88 Å². The van der Waals surface area contributed by atoms with Crippen molar-refractivity contribution in [2.24, 2.45) is 0 Å². The first-order chi connectivity index (χ1) is 10.6. The Morgan fingerprint density at radius 3 is 2.32 bits per heavy atom. The average molecular weight is 305 g/mol. The highest BCUT2D eigenvalue weighted by molar-refractivity contribution is 5.64. The second-order valence-corrected chi connectivity index (χ2v) is 4.04. The molecule has 0 N–H and O–H groups in total. The van der Waals surface area contributed by atoms with E-state index >= 15 is 0 Å². The number of hydrogen-bond acceptors (Lipinski definition) is 7. The fourth-order valence-electron chi connectivity index (χ4n) is 1.63. The van der Waals surface area contributed by atoms with Gasteiger partial charge in [-0.15, -0.1) is 0 Å². The van der Waals surface area contributed by atoms with Gasteiger partial charge in [-0.1, -0.05) is 0 Å². The molecule has 2 aromatic heterocycles. The Morgan fingerprint density at radius 2 is 1.82 bits per heavy atom.